The van der Waals surface area contributed by atoms with Gasteiger partial charge in [-0.15, -0.1) is 0 Å². The van der Waals surface area contributed by atoms with E-state index in [1.807, 2.05) is 19.9 Å². The van der Waals surface area contributed by atoms with E-state index < -0.39 is 0 Å². The number of anilines is 2. The lowest BCUT2D eigenvalue weighted by Crippen LogP contribution is -2.43. The van der Waals surface area contributed by atoms with E-state index in [-0.39, 0.29) is 31.1 Å². The SMILES string of the molecule is COc1ccccc1OCC(=O)Nc1ccc2c(c1)N(C(C)C)C(=O)CO2. The molecule has 0 atom stereocenters. The summed E-state index contributed by atoms with van der Waals surface area (Å²) in [6.45, 7) is 3.71. The van der Waals surface area contributed by atoms with Crippen LogP contribution in [-0.2, 0) is 9.59 Å². The fraction of sp³-hybridized carbons (Fsp3) is 0.300. The number of hydrogen-bond donors (Lipinski definition) is 1. The lowest BCUT2D eigenvalue weighted by Gasteiger charge is -2.32. The lowest BCUT2D eigenvalue weighted by atomic mass is 10.1. The topological polar surface area (TPSA) is 77.1 Å². The van der Waals surface area contributed by atoms with Gasteiger partial charge in [0.15, 0.2) is 24.7 Å². The van der Waals surface area contributed by atoms with E-state index >= 15 is 0 Å². The van der Waals surface area contributed by atoms with E-state index in [1.165, 1.54) is 0 Å². The minimum Gasteiger partial charge on any atom is -0.493 e. The van der Waals surface area contributed by atoms with Gasteiger partial charge in [0, 0.05) is 11.7 Å². The second-order valence-electron chi connectivity index (χ2n) is 6.32. The van der Waals surface area contributed by atoms with Crippen molar-refractivity contribution >= 4 is 23.2 Å². The largest absolute Gasteiger partial charge is 0.493 e. The van der Waals surface area contributed by atoms with Gasteiger partial charge in [-0.3, -0.25) is 9.59 Å². The summed E-state index contributed by atoms with van der Waals surface area (Å²) < 4.78 is 16.2. The average molecular weight is 370 g/mol. The first-order valence-corrected chi connectivity index (χ1v) is 8.64. The van der Waals surface area contributed by atoms with Crippen molar-refractivity contribution in [1.82, 2.24) is 0 Å². The van der Waals surface area contributed by atoms with E-state index in [0.29, 0.717) is 28.6 Å². The summed E-state index contributed by atoms with van der Waals surface area (Å²) >= 11 is 0. The van der Waals surface area contributed by atoms with Gasteiger partial charge < -0.3 is 24.4 Å². The molecule has 0 aromatic heterocycles. The second kappa shape index (κ2) is 7.99. The fourth-order valence-electron chi connectivity index (χ4n) is 2.89. The van der Waals surface area contributed by atoms with Crippen molar-refractivity contribution < 1.29 is 23.8 Å². The van der Waals surface area contributed by atoms with Crippen LogP contribution >= 0.6 is 0 Å². The molecule has 2 aromatic carbocycles. The zero-order valence-corrected chi connectivity index (χ0v) is 15.5. The Labute approximate surface area is 157 Å². The van der Waals surface area contributed by atoms with Gasteiger partial charge in [0.1, 0.15) is 5.75 Å². The molecule has 0 bridgehead atoms. The van der Waals surface area contributed by atoms with Crippen molar-refractivity contribution in [3.8, 4) is 17.2 Å². The number of benzene rings is 2. The third-order valence-electron chi connectivity index (χ3n) is 4.07. The Bertz CT molecular complexity index is 850. The molecule has 0 unspecified atom stereocenters. The third kappa shape index (κ3) is 4.13. The maximum absolute atomic E-state index is 12.2. The van der Waals surface area contributed by atoms with Gasteiger partial charge in [-0.2, -0.15) is 0 Å². The highest BCUT2D eigenvalue weighted by Crippen LogP contribution is 2.35. The van der Waals surface area contributed by atoms with Crippen molar-refractivity contribution in [2.45, 2.75) is 19.9 Å². The van der Waals surface area contributed by atoms with E-state index in [9.17, 15) is 9.59 Å². The molecule has 7 heteroatoms. The Morgan fingerprint density at radius 3 is 2.67 bits per heavy atom. The minimum atomic E-state index is -0.319. The van der Waals surface area contributed by atoms with Crippen molar-refractivity contribution in [1.29, 1.82) is 0 Å². The Balaban J connectivity index is 1.69. The third-order valence-corrected chi connectivity index (χ3v) is 4.07. The molecule has 0 aliphatic carbocycles. The lowest BCUT2D eigenvalue weighted by molar-refractivity contribution is -0.121. The van der Waals surface area contributed by atoms with Gasteiger partial charge in [0.25, 0.3) is 11.8 Å². The molecule has 3 rings (SSSR count). The molecule has 142 valence electrons. The highest BCUT2D eigenvalue weighted by Gasteiger charge is 2.28. The molecule has 2 amide bonds. The number of carbonyl (C=O) groups excluding carboxylic acids is 2. The van der Waals surface area contributed by atoms with Crippen molar-refractivity contribution in [2.75, 3.05) is 30.5 Å². The van der Waals surface area contributed by atoms with Crippen LogP contribution in [0.1, 0.15) is 13.8 Å². The summed E-state index contributed by atoms with van der Waals surface area (Å²) in [6, 6.07) is 12.3. The number of hydrogen-bond acceptors (Lipinski definition) is 5. The molecular weight excluding hydrogens is 348 g/mol. The predicted molar refractivity (Wildman–Crippen MR) is 102 cm³/mol. The van der Waals surface area contributed by atoms with Gasteiger partial charge in [-0.25, -0.2) is 0 Å². The van der Waals surface area contributed by atoms with Crippen LogP contribution in [0.25, 0.3) is 0 Å². The normalized spacial score (nSPS) is 13.0. The highest BCUT2D eigenvalue weighted by molar-refractivity contribution is 6.00. The standard InChI is InChI=1S/C20H22N2O5/c1-13(2)22-15-10-14(8-9-16(15)27-12-20(22)24)21-19(23)11-26-18-7-5-4-6-17(18)25-3/h4-10,13H,11-12H2,1-3H3,(H,21,23). The maximum Gasteiger partial charge on any atom is 0.265 e. The fourth-order valence-corrected chi connectivity index (χ4v) is 2.89. The number of rotatable bonds is 6. The molecule has 0 radical (unpaired) electrons. The summed E-state index contributed by atoms with van der Waals surface area (Å²) in [4.78, 5) is 26.0. The molecule has 0 saturated carbocycles. The number of nitrogens with zero attached hydrogens (tertiary/aromatic N) is 1. The monoisotopic (exact) mass is 370 g/mol. The molecule has 0 fully saturated rings. The van der Waals surface area contributed by atoms with E-state index in [1.54, 1.807) is 48.4 Å². The molecule has 27 heavy (non-hydrogen) atoms. The van der Waals surface area contributed by atoms with Gasteiger partial charge in [0.05, 0.1) is 12.8 Å². The van der Waals surface area contributed by atoms with Gasteiger partial charge in [-0.1, -0.05) is 12.1 Å². The van der Waals surface area contributed by atoms with Gasteiger partial charge in [0.2, 0.25) is 0 Å². The van der Waals surface area contributed by atoms with E-state index in [2.05, 4.69) is 5.32 Å². The summed E-state index contributed by atoms with van der Waals surface area (Å²) in [6.07, 6.45) is 0. The second-order valence-corrected chi connectivity index (χ2v) is 6.32. The number of nitrogens with one attached hydrogen (secondary N) is 1. The highest BCUT2D eigenvalue weighted by atomic mass is 16.5. The first-order chi connectivity index (χ1) is 13.0. The van der Waals surface area contributed by atoms with Crippen LogP contribution in [0.2, 0.25) is 0 Å². The summed E-state index contributed by atoms with van der Waals surface area (Å²) in [7, 11) is 1.54. The quantitative estimate of drug-likeness (QED) is 0.846. The Hall–Kier alpha value is -3.22. The Morgan fingerprint density at radius 2 is 1.96 bits per heavy atom. The van der Waals surface area contributed by atoms with Crippen molar-refractivity contribution in [3.63, 3.8) is 0 Å². The summed E-state index contributed by atoms with van der Waals surface area (Å²) in [5, 5.41) is 2.78. The first-order valence-electron chi connectivity index (χ1n) is 8.64. The van der Waals surface area contributed by atoms with Crippen LogP contribution in [-0.4, -0.2) is 38.2 Å². The summed E-state index contributed by atoms with van der Waals surface area (Å²) in [5.74, 6) is 1.24. The molecule has 1 aliphatic heterocycles. The molecule has 0 saturated heterocycles. The van der Waals surface area contributed by atoms with E-state index in [4.69, 9.17) is 14.2 Å². The van der Waals surface area contributed by atoms with Gasteiger partial charge in [-0.05, 0) is 44.2 Å². The number of methoxy groups -OCH3 is 1. The predicted octanol–water partition coefficient (Wildman–Crippen LogP) is 2.85. The zero-order valence-electron chi connectivity index (χ0n) is 15.5. The molecule has 0 spiro atoms. The Morgan fingerprint density at radius 1 is 1.22 bits per heavy atom. The van der Waals surface area contributed by atoms with Crippen LogP contribution in [0.3, 0.4) is 0 Å². The van der Waals surface area contributed by atoms with E-state index in [0.717, 1.165) is 0 Å². The number of para-hydroxylation sites is 2. The molecule has 2 aromatic rings. The van der Waals surface area contributed by atoms with Crippen molar-refractivity contribution in [3.05, 3.63) is 42.5 Å². The number of amides is 2. The smallest absolute Gasteiger partial charge is 0.265 e. The average Bonchev–Trinajstić information content (AvgIpc) is 2.66. The molecular formula is C20H22N2O5. The van der Waals surface area contributed by atoms with Crippen LogP contribution in [0.4, 0.5) is 11.4 Å². The molecule has 1 N–H and O–H groups in total. The molecule has 1 aliphatic rings. The molecule has 1 heterocycles. The van der Waals surface area contributed by atoms with Crippen LogP contribution in [0, 0.1) is 0 Å². The zero-order chi connectivity index (χ0) is 19.4. The number of ether oxygens (including phenoxy) is 3. The maximum atomic E-state index is 12.2. The van der Waals surface area contributed by atoms with Crippen LogP contribution in [0.5, 0.6) is 17.2 Å². The van der Waals surface area contributed by atoms with Crippen LogP contribution in [0.15, 0.2) is 42.5 Å². The minimum absolute atomic E-state index is 0.0139. The first kappa shape index (κ1) is 18.6. The Kier molecular flexibility index (Phi) is 5.49. The van der Waals surface area contributed by atoms with Crippen molar-refractivity contribution in [2.24, 2.45) is 0 Å². The number of fused-ring (bicyclic) bond motifs is 1. The summed E-state index contributed by atoms with van der Waals surface area (Å²) in [5.41, 5.74) is 1.20. The number of carbonyl (C=O) groups is 2. The van der Waals surface area contributed by atoms with Crippen LogP contribution < -0.4 is 24.4 Å². The molecule has 7 nitrogen and oxygen atoms in total. The van der Waals surface area contributed by atoms with Gasteiger partial charge >= 0.3 is 0 Å².